The zero-order chi connectivity index (χ0) is 18.1. The first-order valence-electron chi connectivity index (χ1n) is 8.53. The van der Waals surface area contributed by atoms with Crippen molar-refractivity contribution in [3.05, 3.63) is 90.3 Å². The zero-order valence-corrected chi connectivity index (χ0v) is 14.8. The minimum atomic E-state index is -0.0509. The Morgan fingerprint density at radius 1 is 0.923 bits per heavy atom. The van der Waals surface area contributed by atoms with E-state index in [4.69, 9.17) is 0 Å². The molecule has 4 nitrogen and oxygen atoms in total. The molecule has 26 heavy (non-hydrogen) atoms. The maximum Gasteiger partial charge on any atom is 0.258 e. The van der Waals surface area contributed by atoms with Gasteiger partial charge in [0.25, 0.3) is 5.91 Å². The average Bonchev–Trinajstić information content (AvgIpc) is 3.03. The number of amides is 1. The highest BCUT2D eigenvalue weighted by Gasteiger charge is 2.16. The van der Waals surface area contributed by atoms with Crippen LogP contribution in [0, 0.1) is 6.92 Å². The lowest BCUT2D eigenvalue weighted by atomic mass is 10.1. The van der Waals surface area contributed by atoms with Crippen molar-refractivity contribution in [3.63, 3.8) is 0 Å². The van der Waals surface area contributed by atoms with Gasteiger partial charge in [0.1, 0.15) is 5.82 Å². The molecule has 4 rings (SSSR count). The van der Waals surface area contributed by atoms with E-state index in [-0.39, 0.29) is 5.91 Å². The molecule has 128 valence electrons. The molecule has 0 spiro atoms. The molecule has 0 aliphatic heterocycles. The number of hydrogen-bond donors (Lipinski definition) is 0. The number of rotatable bonds is 3. The first-order chi connectivity index (χ1) is 12.6. The highest BCUT2D eigenvalue weighted by atomic mass is 16.2. The van der Waals surface area contributed by atoms with Gasteiger partial charge in [-0.05, 0) is 49.4 Å². The Morgan fingerprint density at radius 3 is 2.27 bits per heavy atom. The Hall–Kier alpha value is -3.40. The molecule has 0 atom stereocenters. The second-order valence-electron chi connectivity index (χ2n) is 6.23. The van der Waals surface area contributed by atoms with Gasteiger partial charge in [0.05, 0.1) is 11.0 Å². The van der Waals surface area contributed by atoms with Crippen LogP contribution in [0.1, 0.15) is 16.2 Å². The molecule has 3 aromatic carbocycles. The largest absolute Gasteiger partial charge is 0.311 e. The van der Waals surface area contributed by atoms with Gasteiger partial charge in [-0.2, -0.15) is 0 Å². The summed E-state index contributed by atoms with van der Waals surface area (Å²) < 4.78 is 2.10. The topological polar surface area (TPSA) is 38.1 Å². The maximum absolute atomic E-state index is 12.8. The lowest BCUT2D eigenvalue weighted by Gasteiger charge is -2.17. The van der Waals surface area contributed by atoms with Gasteiger partial charge in [0.2, 0.25) is 0 Å². The molecule has 0 fully saturated rings. The Morgan fingerprint density at radius 2 is 1.58 bits per heavy atom. The van der Waals surface area contributed by atoms with Gasteiger partial charge in [-0.3, -0.25) is 9.36 Å². The molecular weight excluding hydrogens is 322 g/mol. The van der Waals surface area contributed by atoms with E-state index in [9.17, 15) is 4.79 Å². The van der Waals surface area contributed by atoms with E-state index >= 15 is 0 Å². The first kappa shape index (κ1) is 16.1. The predicted molar refractivity (Wildman–Crippen MR) is 105 cm³/mol. The second-order valence-corrected chi connectivity index (χ2v) is 6.23. The number of nitrogens with zero attached hydrogens (tertiary/aromatic N) is 3. The fourth-order valence-electron chi connectivity index (χ4n) is 3.20. The summed E-state index contributed by atoms with van der Waals surface area (Å²) in [6.07, 6.45) is 0. The Kier molecular flexibility index (Phi) is 4.01. The fourth-order valence-corrected chi connectivity index (χ4v) is 3.20. The fraction of sp³-hybridized carbons (Fsp3) is 0.0909. The van der Waals surface area contributed by atoms with Crippen LogP contribution < -0.4 is 4.90 Å². The van der Waals surface area contributed by atoms with Crippen molar-refractivity contribution in [1.29, 1.82) is 0 Å². The zero-order valence-electron chi connectivity index (χ0n) is 14.8. The van der Waals surface area contributed by atoms with Crippen molar-refractivity contribution in [2.75, 3.05) is 11.9 Å². The van der Waals surface area contributed by atoms with Crippen molar-refractivity contribution in [1.82, 2.24) is 9.55 Å². The minimum Gasteiger partial charge on any atom is -0.311 e. The Bertz CT molecular complexity index is 1070. The van der Waals surface area contributed by atoms with Crippen molar-refractivity contribution in [3.8, 4) is 5.69 Å². The van der Waals surface area contributed by atoms with Crippen molar-refractivity contribution >= 4 is 22.6 Å². The third-order valence-corrected chi connectivity index (χ3v) is 4.53. The summed E-state index contributed by atoms with van der Waals surface area (Å²) >= 11 is 0. The Labute approximate surface area is 152 Å². The molecule has 4 heteroatoms. The SMILES string of the molecule is Cc1nc2cc(C(=O)N(C)c3ccccc3)ccc2n1-c1ccccc1. The molecule has 0 saturated carbocycles. The number of aryl methyl sites for hydroxylation is 1. The van der Waals surface area contributed by atoms with E-state index in [1.807, 2.05) is 73.7 Å². The van der Waals surface area contributed by atoms with Crippen LogP contribution in [0.25, 0.3) is 16.7 Å². The summed E-state index contributed by atoms with van der Waals surface area (Å²) in [6.45, 7) is 1.98. The maximum atomic E-state index is 12.8. The lowest BCUT2D eigenvalue weighted by Crippen LogP contribution is -2.26. The van der Waals surface area contributed by atoms with Gasteiger partial charge in [0.15, 0.2) is 0 Å². The van der Waals surface area contributed by atoms with Crippen LogP contribution in [0.5, 0.6) is 0 Å². The van der Waals surface area contributed by atoms with Gasteiger partial charge in [-0.25, -0.2) is 4.98 Å². The number of fused-ring (bicyclic) bond motifs is 1. The molecule has 0 aliphatic carbocycles. The van der Waals surface area contributed by atoms with Crippen LogP contribution in [-0.4, -0.2) is 22.5 Å². The quantitative estimate of drug-likeness (QED) is 0.546. The highest BCUT2D eigenvalue weighted by molar-refractivity contribution is 6.07. The molecule has 1 amide bonds. The third kappa shape index (κ3) is 2.75. The van der Waals surface area contributed by atoms with Crippen molar-refractivity contribution in [2.24, 2.45) is 0 Å². The molecule has 0 bridgehead atoms. The smallest absolute Gasteiger partial charge is 0.258 e. The lowest BCUT2D eigenvalue weighted by molar-refractivity contribution is 0.0993. The van der Waals surface area contributed by atoms with E-state index in [2.05, 4.69) is 21.7 Å². The van der Waals surface area contributed by atoms with E-state index < -0.39 is 0 Å². The van der Waals surface area contributed by atoms with Crippen LogP contribution in [0.2, 0.25) is 0 Å². The van der Waals surface area contributed by atoms with Crippen molar-refractivity contribution in [2.45, 2.75) is 6.92 Å². The summed E-state index contributed by atoms with van der Waals surface area (Å²) in [7, 11) is 1.79. The van der Waals surface area contributed by atoms with E-state index in [1.165, 1.54) is 0 Å². The molecule has 0 saturated heterocycles. The summed E-state index contributed by atoms with van der Waals surface area (Å²) in [5, 5.41) is 0. The van der Waals surface area contributed by atoms with E-state index in [0.29, 0.717) is 5.56 Å². The summed E-state index contributed by atoms with van der Waals surface area (Å²) in [5.74, 6) is 0.845. The van der Waals surface area contributed by atoms with E-state index in [1.54, 1.807) is 11.9 Å². The Balaban J connectivity index is 1.74. The number of benzene rings is 3. The number of carbonyl (C=O) groups is 1. The molecule has 0 N–H and O–H groups in total. The average molecular weight is 341 g/mol. The number of hydrogen-bond acceptors (Lipinski definition) is 2. The molecule has 0 radical (unpaired) electrons. The number of imidazole rings is 1. The molecule has 0 unspecified atom stereocenters. The van der Waals surface area contributed by atoms with Gasteiger partial charge in [0, 0.05) is 24.0 Å². The van der Waals surface area contributed by atoms with Crippen LogP contribution in [0.4, 0.5) is 5.69 Å². The summed E-state index contributed by atoms with van der Waals surface area (Å²) in [6, 6.07) is 25.4. The molecule has 1 aromatic heterocycles. The van der Waals surface area contributed by atoms with Crippen LogP contribution >= 0.6 is 0 Å². The van der Waals surface area contributed by atoms with Gasteiger partial charge in [-0.1, -0.05) is 36.4 Å². The first-order valence-corrected chi connectivity index (χ1v) is 8.53. The van der Waals surface area contributed by atoms with E-state index in [0.717, 1.165) is 28.2 Å². The van der Waals surface area contributed by atoms with Gasteiger partial charge < -0.3 is 4.90 Å². The monoisotopic (exact) mass is 341 g/mol. The summed E-state index contributed by atoms with van der Waals surface area (Å²) in [5.41, 5.74) is 4.37. The van der Waals surface area contributed by atoms with Gasteiger partial charge >= 0.3 is 0 Å². The standard InChI is InChI=1S/C22H19N3O/c1-16-23-20-15-17(22(26)24(2)18-9-5-3-6-10-18)13-14-21(20)25(16)19-11-7-4-8-12-19/h3-15H,1-2H3. The molecule has 4 aromatic rings. The van der Waals surface area contributed by atoms with Gasteiger partial charge in [-0.15, -0.1) is 0 Å². The van der Waals surface area contributed by atoms with Crippen LogP contribution in [0.15, 0.2) is 78.9 Å². The number of carbonyl (C=O) groups excluding carboxylic acids is 1. The number of para-hydroxylation sites is 2. The van der Waals surface area contributed by atoms with Crippen LogP contribution in [-0.2, 0) is 0 Å². The third-order valence-electron chi connectivity index (χ3n) is 4.53. The molecule has 0 aliphatic rings. The van der Waals surface area contributed by atoms with Crippen LogP contribution in [0.3, 0.4) is 0 Å². The normalized spacial score (nSPS) is 10.8. The highest BCUT2D eigenvalue weighted by Crippen LogP contribution is 2.23. The second kappa shape index (κ2) is 6.48. The molecule has 1 heterocycles. The predicted octanol–water partition coefficient (Wildman–Crippen LogP) is 4.61. The molecular formula is C22H19N3O. The number of aromatic nitrogens is 2. The summed E-state index contributed by atoms with van der Waals surface area (Å²) in [4.78, 5) is 19.2. The number of anilines is 1. The van der Waals surface area contributed by atoms with Crippen molar-refractivity contribution < 1.29 is 4.79 Å². The minimum absolute atomic E-state index is 0.0509.